The van der Waals surface area contributed by atoms with Crippen LogP contribution in [0.3, 0.4) is 0 Å². The molecule has 2 aromatic rings. The van der Waals surface area contributed by atoms with Crippen molar-refractivity contribution in [3.8, 4) is 5.75 Å². The van der Waals surface area contributed by atoms with Crippen molar-refractivity contribution in [1.29, 1.82) is 0 Å². The zero-order chi connectivity index (χ0) is 19.1. The molecule has 0 saturated heterocycles. The van der Waals surface area contributed by atoms with Crippen LogP contribution in [0.2, 0.25) is 0 Å². The molecule has 6 rings (SSSR count). The smallest absolute Gasteiger partial charge is 0.257 e. The Hall–Kier alpha value is -2.36. The SMILES string of the molecule is O=Cc1c(OCC(=O)NCC23CC4CC(CC(C4)C2)C3)ccc2ccccc12. The van der Waals surface area contributed by atoms with E-state index in [0.29, 0.717) is 16.7 Å². The van der Waals surface area contributed by atoms with E-state index in [-0.39, 0.29) is 12.5 Å². The molecule has 4 aliphatic carbocycles. The minimum atomic E-state index is -0.0965. The van der Waals surface area contributed by atoms with Crippen LogP contribution in [0.4, 0.5) is 0 Å². The summed E-state index contributed by atoms with van der Waals surface area (Å²) >= 11 is 0. The molecular formula is C24H27NO3. The van der Waals surface area contributed by atoms with Crippen LogP contribution in [0.25, 0.3) is 10.8 Å². The lowest BCUT2D eigenvalue weighted by molar-refractivity contribution is -0.125. The van der Waals surface area contributed by atoms with E-state index in [1.165, 1.54) is 38.5 Å². The number of nitrogens with one attached hydrogen (secondary N) is 1. The predicted octanol–water partition coefficient (Wildman–Crippen LogP) is 4.36. The van der Waals surface area contributed by atoms with Crippen LogP contribution in [-0.2, 0) is 4.79 Å². The highest BCUT2D eigenvalue weighted by atomic mass is 16.5. The first-order chi connectivity index (χ1) is 13.6. The normalized spacial score (nSPS) is 30.4. The maximum Gasteiger partial charge on any atom is 0.257 e. The molecular weight excluding hydrogens is 350 g/mol. The molecule has 0 atom stereocenters. The van der Waals surface area contributed by atoms with Crippen molar-refractivity contribution in [2.45, 2.75) is 38.5 Å². The number of amides is 1. The average molecular weight is 377 g/mol. The van der Waals surface area contributed by atoms with E-state index in [1.54, 1.807) is 6.07 Å². The van der Waals surface area contributed by atoms with Gasteiger partial charge in [0.05, 0.1) is 5.56 Å². The number of hydrogen-bond acceptors (Lipinski definition) is 3. The van der Waals surface area contributed by atoms with Gasteiger partial charge in [-0.1, -0.05) is 30.3 Å². The quantitative estimate of drug-likeness (QED) is 0.761. The number of carbonyl (C=O) groups is 2. The summed E-state index contributed by atoms with van der Waals surface area (Å²) in [7, 11) is 0. The predicted molar refractivity (Wildman–Crippen MR) is 108 cm³/mol. The van der Waals surface area contributed by atoms with Crippen LogP contribution in [0.15, 0.2) is 36.4 Å². The molecule has 0 radical (unpaired) electrons. The Morgan fingerprint density at radius 3 is 2.39 bits per heavy atom. The Kier molecular flexibility index (Phi) is 4.37. The lowest BCUT2D eigenvalue weighted by Gasteiger charge is -2.56. The molecule has 0 aromatic heterocycles. The molecule has 146 valence electrons. The monoisotopic (exact) mass is 377 g/mol. The summed E-state index contributed by atoms with van der Waals surface area (Å²) in [6.45, 7) is 0.725. The molecule has 0 spiro atoms. The summed E-state index contributed by atoms with van der Waals surface area (Å²) < 4.78 is 5.73. The molecule has 0 unspecified atom stereocenters. The first-order valence-corrected chi connectivity index (χ1v) is 10.5. The second-order valence-electron chi connectivity index (χ2n) is 9.30. The number of fused-ring (bicyclic) bond motifs is 1. The molecule has 1 N–H and O–H groups in total. The Bertz CT molecular complexity index is 884. The molecule has 28 heavy (non-hydrogen) atoms. The number of benzene rings is 2. The van der Waals surface area contributed by atoms with Gasteiger partial charge in [-0.3, -0.25) is 9.59 Å². The summed E-state index contributed by atoms with van der Waals surface area (Å²) in [5.41, 5.74) is 0.827. The molecule has 4 heteroatoms. The van der Waals surface area contributed by atoms with Crippen molar-refractivity contribution < 1.29 is 14.3 Å². The van der Waals surface area contributed by atoms with E-state index in [0.717, 1.165) is 41.4 Å². The van der Waals surface area contributed by atoms with E-state index < -0.39 is 0 Å². The van der Waals surface area contributed by atoms with Gasteiger partial charge in [-0.15, -0.1) is 0 Å². The second-order valence-corrected chi connectivity index (χ2v) is 9.30. The summed E-state index contributed by atoms with van der Waals surface area (Å²) in [5.74, 6) is 3.02. The number of carbonyl (C=O) groups excluding carboxylic acids is 2. The molecule has 4 aliphatic rings. The Labute approximate surface area is 165 Å². The van der Waals surface area contributed by atoms with Crippen molar-refractivity contribution in [2.24, 2.45) is 23.2 Å². The zero-order valence-electron chi connectivity index (χ0n) is 16.2. The first kappa shape index (κ1) is 17.7. The lowest BCUT2D eigenvalue weighted by atomic mass is 9.49. The molecule has 2 aromatic carbocycles. The zero-order valence-corrected chi connectivity index (χ0v) is 16.2. The van der Waals surface area contributed by atoms with E-state index in [1.807, 2.05) is 30.3 Å². The van der Waals surface area contributed by atoms with Gasteiger partial charge in [0.1, 0.15) is 5.75 Å². The number of hydrogen-bond donors (Lipinski definition) is 1. The van der Waals surface area contributed by atoms with E-state index in [2.05, 4.69) is 5.32 Å². The highest BCUT2D eigenvalue weighted by molar-refractivity contribution is 6.00. The van der Waals surface area contributed by atoms with Gasteiger partial charge in [-0.05, 0) is 78.5 Å². The lowest BCUT2D eigenvalue weighted by Crippen LogP contribution is -2.51. The summed E-state index contributed by atoms with van der Waals surface area (Å²) in [6, 6.07) is 11.4. The molecule has 1 amide bonds. The fourth-order valence-corrected chi connectivity index (χ4v) is 6.51. The number of aldehydes is 1. The van der Waals surface area contributed by atoms with Crippen molar-refractivity contribution >= 4 is 23.0 Å². The highest BCUT2D eigenvalue weighted by Gasteiger charge is 2.50. The molecule has 4 saturated carbocycles. The third-order valence-corrected chi connectivity index (χ3v) is 7.23. The summed E-state index contributed by atoms with van der Waals surface area (Å²) in [5, 5.41) is 4.97. The van der Waals surface area contributed by atoms with Gasteiger partial charge in [-0.25, -0.2) is 0 Å². The van der Waals surface area contributed by atoms with Crippen molar-refractivity contribution in [3.05, 3.63) is 42.0 Å². The fourth-order valence-electron chi connectivity index (χ4n) is 6.51. The minimum absolute atomic E-state index is 0.0501. The topological polar surface area (TPSA) is 55.4 Å². The highest BCUT2D eigenvalue weighted by Crippen LogP contribution is 2.59. The van der Waals surface area contributed by atoms with Gasteiger partial charge in [0, 0.05) is 6.54 Å². The third kappa shape index (κ3) is 3.19. The van der Waals surface area contributed by atoms with Crippen LogP contribution in [0.1, 0.15) is 48.9 Å². The van der Waals surface area contributed by atoms with Crippen LogP contribution in [-0.4, -0.2) is 25.3 Å². The standard InChI is InChI=1S/C24H27NO3/c26-13-21-20-4-2-1-3-19(20)5-6-22(21)28-14-23(27)25-15-24-10-16-7-17(11-24)9-18(8-16)12-24/h1-6,13,16-18H,7-12,14-15H2,(H,25,27). The van der Waals surface area contributed by atoms with Crippen molar-refractivity contribution in [2.75, 3.05) is 13.2 Å². The molecule has 0 heterocycles. The summed E-state index contributed by atoms with van der Waals surface area (Å²) in [4.78, 5) is 24.0. The van der Waals surface area contributed by atoms with Crippen LogP contribution in [0.5, 0.6) is 5.75 Å². The largest absolute Gasteiger partial charge is 0.483 e. The van der Waals surface area contributed by atoms with E-state index >= 15 is 0 Å². The molecule has 4 bridgehead atoms. The average Bonchev–Trinajstić information content (AvgIpc) is 2.69. The summed E-state index contributed by atoms with van der Waals surface area (Å²) in [6.07, 6.45) is 8.87. The van der Waals surface area contributed by atoms with Crippen LogP contribution < -0.4 is 10.1 Å². The van der Waals surface area contributed by atoms with Gasteiger partial charge in [0.2, 0.25) is 0 Å². The van der Waals surface area contributed by atoms with Gasteiger partial charge >= 0.3 is 0 Å². The Morgan fingerprint density at radius 1 is 1.04 bits per heavy atom. The maximum absolute atomic E-state index is 12.4. The van der Waals surface area contributed by atoms with Gasteiger partial charge in [0.25, 0.3) is 5.91 Å². The molecule has 4 fully saturated rings. The van der Waals surface area contributed by atoms with Crippen molar-refractivity contribution in [1.82, 2.24) is 5.32 Å². The third-order valence-electron chi connectivity index (χ3n) is 7.23. The van der Waals surface area contributed by atoms with E-state index in [9.17, 15) is 9.59 Å². The Morgan fingerprint density at radius 2 is 1.71 bits per heavy atom. The van der Waals surface area contributed by atoms with Crippen molar-refractivity contribution in [3.63, 3.8) is 0 Å². The number of rotatable bonds is 6. The van der Waals surface area contributed by atoms with Crippen LogP contribution >= 0.6 is 0 Å². The Balaban J connectivity index is 1.21. The van der Waals surface area contributed by atoms with Gasteiger partial charge in [0.15, 0.2) is 12.9 Å². The van der Waals surface area contributed by atoms with Gasteiger partial charge in [-0.2, -0.15) is 0 Å². The first-order valence-electron chi connectivity index (χ1n) is 10.5. The molecule has 0 aliphatic heterocycles. The number of ether oxygens (including phenoxy) is 1. The van der Waals surface area contributed by atoms with Crippen LogP contribution in [0, 0.1) is 23.2 Å². The fraction of sp³-hybridized carbons (Fsp3) is 0.500. The second kappa shape index (κ2) is 6.91. The maximum atomic E-state index is 12.4. The van der Waals surface area contributed by atoms with E-state index in [4.69, 9.17) is 4.74 Å². The van der Waals surface area contributed by atoms with Gasteiger partial charge < -0.3 is 10.1 Å². The minimum Gasteiger partial charge on any atom is -0.483 e. The molecule has 4 nitrogen and oxygen atoms in total.